The van der Waals surface area contributed by atoms with E-state index in [4.69, 9.17) is 4.74 Å². The van der Waals surface area contributed by atoms with Crippen LogP contribution in [0.15, 0.2) is 42.5 Å². The maximum absolute atomic E-state index is 14.5. The number of phenols is 1. The topological polar surface area (TPSA) is 92.9 Å². The molecule has 1 atom stereocenters. The molecule has 0 radical (unpaired) electrons. The molecule has 1 aliphatic heterocycles. The molecule has 8 heteroatoms. The Balaban J connectivity index is 1.69. The van der Waals surface area contributed by atoms with Crippen molar-refractivity contribution in [2.75, 3.05) is 13.2 Å². The number of nitro benzene ring substituents is 1. The number of rotatable bonds is 6. The number of hydrogen-bond donors (Lipinski definition) is 1. The highest BCUT2D eigenvalue weighted by Crippen LogP contribution is 2.39. The summed E-state index contributed by atoms with van der Waals surface area (Å²) in [4.78, 5) is 24.0. The Bertz CT molecular complexity index is 843. The molecule has 0 aliphatic carbocycles. The van der Waals surface area contributed by atoms with E-state index >= 15 is 0 Å². The molecule has 1 fully saturated rings. The van der Waals surface area contributed by atoms with E-state index in [-0.39, 0.29) is 24.7 Å². The Kier molecular flexibility index (Phi) is 5.66. The van der Waals surface area contributed by atoms with Gasteiger partial charge in [0.25, 0.3) is 0 Å². The third kappa shape index (κ3) is 4.06. The van der Waals surface area contributed by atoms with Gasteiger partial charge in [-0.25, -0.2) is 4.39 Å². The van der Waals surface area contributed by atoms with Gasteiger partial charge in [-0.05, 0) is 24.5 Å². The van der Waals surface area contributed by atoms with Crippen molar-refractivity contribution in [1.82, 2.24) is 4.90 Å². The molecule has 142 valence electrons. The van der Waals surface area contributed by atoms with Crippen molar-refractivity contribution in [2.45, 2.75) is 25.5 Å². The van der Waals surface area contributed by atoms with E-state index in [1.54, 1.807) is 0 Å². The second kappa shape index (κ2) is 8.13. The zero-order chi connectivity index (χ0) is 19.4. The van der Waals surface area contributed by atoms with Crippen LogP contribution >= 0.6 is 0 Å². The summed E-state index contributed by atoms with van der Waals surface area (Å²) in [5.74, 6) is -2.35. The standard InChI is InChI=1S/C19H19FN2O5/c20-18-14(8-9-16(19(18)24)22(25)26)15-7-4-10-21(15)17(23)12-27-11-13-5-2-1-3-6-13/h1-3,5-6,8-9,15,24H,4,7,10-12H2. The van der Waals surface area contributed by atoms with Gasteiger partial charge in [-0.3, -0.25) is 14.9 Å². The number of aromatic hydroxyl groups is 1. The molecule has 0 aromatic heterocycles. The maximum atomic E-state index is 14.5. The highest BCUT2D eigenvalue weighted by molar-refractivity contribution is 5.78. The Morgan fingerprint density at radius 1 is 1.30 bits per heavy atom. The normalized spacial score (nSPS) is 16.5. The molecule has 1 unspecified atom stereocenters. The zero-order valence-corrected chi connectivity index (χ0v) is 14.5. The van der Waals surface area contributed by atoms with Gasteiger partial charge >= 0.3 is 5.69 Å². The molecule has 1 saturated heterocycles. The first-order chi connectivity index (χ1) is 13.0. The molecule has 7 nitrogen and oxygen atoms in total. The molecule has 1 amide bonds. The van der Waals surface area contributed by atoms with Crippen molar-refractivity contribution in [2.24, 2.45) is 0 Å². The third-order valence-electron chi connectivity index (χ3n) is 4.59. The summed E-state index contributed by atoms with van der Waals surface area (Å²) in [7, 11) is 0. The van der Waals surface area contributed by atoms with Gasteiger partial charge in [-0.2, -0.15) is 0 Å². The molecule has 0 saturated carbocycles. The molecule has 0 bridgehead atoms. The van der Waals surface area contributed by atoms with E-state index in [1.807, 2.05) is 30.3 Å². The minimum Gasteiger partial charge on any atom is -0.500 e. The maximum Gasteiger partial charge on any atom is 0.313 e. The quantitative estimate of drug-likeness (QED) is 0.618. The van der Waals surface area contributed by atoms with E-state index < -0.39 is 28.2 Å². The fourth-order valence-electron chi connectivity index (χ4n) is 3.28. The number of carbonyl (C=O) groups is 1. The van der Waals surface area contributed by atoms with Gasteiger partial charge in [0.2, 0.25) is 11.7 Å². The predicted octanol–water partition coefficient (Wildman–Crippen LogP) is 3.32. The Morgan fingerprint density at radius 3 is 2.74 bits per heavy atom. The number of hydrogen-bond acceptors (Lipinski definition) is 5. The number of halogens is 1. The van der Waals surface area contributed by atoms with E-state index in [0.29, 0.717) is 19.4 Å². The first-order valence-corrected chi connectivity index (χ1v) is 8.56. The molecule has 1 aliphatic rings. The number of likely N-dealkylation sites (tertiary alicyclic amines) is 1. The molecule has 2 aromatic rings. The largest absolute Gasteiger partial charge is 0.500 e. The number of amides is 1. The Morgan fingerprint density at radius 2 is 2.04 bits per heavy atom. The lowest BCUT2D eigenvalue weighted by Crippen LogP contribution is -2.34. The SMILES string of the molecule is O=C(COCc1ccccc1)N1CCCC1c1ccc([N+](=O)[O-])c(O)c1F. The number of carbonyl (C=O) groups excluding carboxylic acids is 1. The van der Waals surface area contributed by atoms with Crippen molar-refractivity contribution >= 4 is 11.6 Å². The summed E-state index contributed by atoms with van der Waals surface area (Å²) in [6, 6.07) is 11.1. The van der Waals surface area contributed by atoms with Gasteiger partial charge in [0, 0.05) is 18.2 Å². The van der Waals surface area contributed by atoms with Gasteiger partial charge in [0.1, 0.15) is 6.61 Å². The van der Waals surface area contributed by atoms with Crippen LogP contribution in [-0.4, -0.2) is 34.0 Å². The number of ether oxygens (including phenoxy) is 1. The predicted molar refractivity (Wildman–Crippen MR) is 94.5 cm³/mol. The van der Waals surface area contributed by atoms with E-state index in [1.165, 1.54) is 11.0 Å². The van der Waals surface area contributed by atoms with Crippen LogP contribution in [0.25, 0.3) is 0 Å². The zero-order valence-electron chi connectivity index (χ0n) is 14.5. The second-order valence-corrected chi connectivity index (χ2v) is 6.32. The van der Waals surface area contributed by atoms with Gasteiger partial charge in [0.15, 0.2) is 5.82 Å². The van der Waals surface area contributed by atoms with Crippen LogP contribution in [0.3, 0.4) is 0 Å². The number of nitro groups is 1. The highest BCUT2D eigenvalue weighted by atomic mass is 19.1. The molecule has 0 spiro atoms. The Hall–Kier alpha value is -3.00. The van der Waals surface area contributed by atoms with Crippen molar-refractivity contribution in [3.63, 3.8) is 0 Å². The lowest BCUT2D eigenvalue weighted by molar-refractivity contribution is -0.386. The molecular formula is C19H19FN2O5. The molecular weight excluding hydrogens is 355 g/mol. The molecule has 2 aromatic carbocycles. The van der Waals surface area contributed by atoms with E-state index in [2.05, 4.69) is 0 Å². The summed E-state index contributed by atoms with van der Waals surface area (Å²) in [6.45, 7) is 0.582. The minimum absolute atomic E-state index is 0.0759. The lowest BCUT2D eigenvalue weighted by Gasteiger charge is -2.25. The van der Waals surface area contributed by atoms with Crippen LogP contribution in [0.2, 0.25) is 0 Å². The highest BCUT2D eigenvalue weighted by Gasteiger charge is 2.34. The van der Waals surface area contributed by atoms with E-state index in [9.17, 15) is 24.4 Å². The molecule has 3 rings (SSSR count). The smallest absolute Gasteiger partial charge is 0.313 e. The van der Waals surface area contributed by atoms with Crippen molar-refractivity contribution in [3.05, 3.63) is 69.5 Å². The summed E-state index contributed by atoms with van der Waals surface area (Å²) in [5.41, 5.74) is 0.319. The van der Waals surface area contributed by atoms with Gasteiger partial charge in [-0.15, -0.1) is 0 Å². The van der Waals surface area contributed by atoms with Crippen molar-refractivity contribution in [1.29, 1.82) is 0 Å². The van der Waals surface area contributed by atoms with Crippen LogP contribution in [-0.2, 0) is 16.1 Å². The number of benzene rings is 2. The van der Waals surface area contributed by atoms with Crippen LogP contribution in [0.4, 0.5) is 10.1 Å². The summed E-state index contributed by atoms with van der Waals surface area (Å²) >= 11 is 0. The summed E-state index contributed by atoms with van der Waals surface area (Å²) in [5, 5.41) is 20.6. The number of nitrogens with zero attached hydrogens (tertiary/aromatic N) is 2. The fourth-order valence-corrected chi connectivity index (χ4v) is 3.28. The van der Waals surface area contributed by atoms with Crippen LogP contribution in [0, 0.1) is 15.9 Å². The average Bonchev–Trinajstić information content (AvgIpc) is 3.14. The lowest BCUT2D eigenvalue weighted by atomic mass is 10.0. The molecule has 1 heterocycles. The Labute approximate surface area is 155 Å². The van der Waals surface area contributed by atoms with Crippen molar-refractivity contribution < 1.29 is 24.0 Å². The van der Waals surface area contributed by atoms with Gasteiger partial charge < -0.3 is 14.7 Å². The van der Waals surface area contributed by atoms with Crippen LogP contribution in [0.5, 0.6) is 5.75 Å². The van der Waals surface area contributed by atoms with E-state index in [0.717, 1.165) is 11.6 Å². The molecule has 1 N–H and O–H groups in total. The first kappa shape index (κ1) is 18.8. The molecule has 27 heavy (non-hydrogen) atoms. The monoisotopic (exact) mass is 374 g/mol. The fraction of sp³-hybridized carbons (Fsp3) is 0.316. The van der Waals surface area contributed by atoms with Crippen LogP contribution in [0.1, 0.15) is 30.0 Å². The van der Waals surface area contributed by atoms with Gasteiger partial charge in [0.05, 0.1) is 17.6 Å². The van der Waals surface area contributed by atoms with Crippen LogP contribution < -0.4 is 0 Å². The summed E-state index contributed by atoms with van der Waals surface area (Å²) in [6.07, 6.45) is 1.19. The third-order valence-corrected chi connectivity index (χ3v) is 4.59. The number of phenolic OH excluding ortho intramolecular Hbond substituents is 1. The average molecular weight is 374 g/mol. The van der Waals surface area contributed by atoms with Crippen molar-refractivity contribution in [3.8, 4) is 5.75 Å². The van der Waals surface area contributed by atoms with Gasteiger partial charge in [-0.1, -0.05) is 30.3 Å². The summed E-state index contributed by atoms with van der Waals surface area (Å²) < 4.78 is 19.9. The minimum atomic E-state index is -1.06. The second-order valence-electron chi connectivity index (χ2n) is 6.32. The first-order valence-electron chi connectivity index (χ1n) is 8.56.